The molecule has 0 aliphatic carbocycles. The number of morpholine rings is 1. The molecule has 2 aliphatic rings. The van der Waals surface area contributed by atoms with E-state index in [1.165, 1.54) is 13.0 Å². The van der Waals surface area contributed by atoms with Gasteiger partial charge in [0.25, 0.3) is 0 Å². The lowest BCUT2D eigenvalue weighted by Gasteiger charge is -2.45. The first kappa shape index (κ1) is 20.1. The molecule has 0 radical (unpaired) electrons. The van der Waals surface area contributed by atoms with E-state index in [1.54, 1.807) is 0 Å². The van der Waals surface area contributed by atoms with E-state index in [2.05, 4.69) is 63.3 Å². The van der Waals surface area contributed by atoms with E-state index in [4.69, 9.17) is 4.74 Å². The average Bonchev–Trinajstić information content (AvgIpc) is 2.96. The van der Waals surface area contributed by atoms with Gasteiger partial charge in [-0.15, -0.1) is 0 Å². The van der Waals surface area contributed by atoms with Crippen molar-refractivity contribution in [1.82, 2.24) is 14.7 Å². The van der Waals surface area contributed by atoms with Gasteiger partial charge in [-0.05, 0) is 55.0 Å². The van der Waals surface area contributed by atoms with Crippen LogP contribution in [0.3, 0.4) is 0 Å². The van der Waals surface area contributed by atoms with Crippen LogP contribution in [-0.4, -0.2) is 95.5 Å². The van der Waals surface area contributed by atoms with Crippen LogP contribution in [0.4, 0.5) is 0 Å². The van der Waals surface area contributed by atoms with E-state index < -0.39 is 0 Å². The van der Waals surface area contributed by atoms with Crippen LogP contribution in [0, 0.1) is 0 Å². The average molecular weight is 342 g/mol. The molecule has 0 aromatic carbocycles. The number of hydrogen-bond acceptors (Lipinski definition) is 5. The van der Waals surface area contributed by atoms with Gasteiger partial charge in [-0.2, -0.15) is 0 Å². The zero-order valence-electron chi connectivity index (χ0n) is 16.9. The number of likely N-dealkylation sites (tertiary alicyclic amines) is 1. The molecule has 0 saturated carbocycles. The van der Waals surface area contributed by atoms with E-state index in [1.807, 2.05) is 0 Å². The van der Waals surface area contributed by atoms with Gasteiger partial charge < -0.3 is 9.84 Å². The van der Waals surface area contributed by atoms with E-state index in [0.717, 1.165) is 26.2 Å². The van der Waals surface area contributed by atoms with Crippen molar-refractivity contribution in [1.29, 1.82) is 0 Å². The third kappa shape index (κ3) is 5.15. The maximum Gasteiger partial charge on any atom is 0.0937 e. The first-order chi connectivity index (χ1) is 11.0. The Morgan fingerprint density at radius 1 is 0.958 bits per heavy atom. The van der Waals surface area contributed by atoms with E-state index in [-0.39, 0.29) is 29.9 Å². The number of ether oxygens (including phenoxy) is 1. The van der Waals surface area contributed by atoms with Crippen LogP contribution in [0.2, 0.25) is 0 Å². The molecule has 3 unspecified atom stereocenters. The molecule has 0 aromatic heterocycles. The smallest absolute Gasteiger partial charge is 0.0937 e. The molecule has 24 heavy (non-hydrogen) atoms. The molecule has 0 amide bonds. The van der Waals surface area contributed by atoms with Gasteiger partial charge in [-0.25, -0.2) is 0 Å². The van der Waals surface area contributed by atoms with Crippen LogP contribution >= 0.6 is 0 Å². The van der Waals surface area contributed by atoms with Gasteiger partial charge in [0, 0.05) is 49.8 Å². The molecule has 1 N–H and O–H groups in total. The molecular formula is C19H39N3O2. The van der Waals surface area contributed by atoms with Crippen molar-refractivity contribution in [2.24, 2.45) is 0 Å². The lowest BCUT2D eigenvalue weighted by molar-refractivity contribution is -0.129. The first-order valence-corrected chi connectivity index (χ1v) is 9.47. The summed E-state index contributed by atoms with van der Waals surface area (Å²) >= 11 is 0. The highest BCUT2D eigenvalue weighted by Crippen LogP contribution is 2.25. The van der Waals surface area contributed by atoms with E-state index in [0.29, 0.717) is 6.04 Å². The third-order valence-corrected chi connectivity index (χ3v) is 5.61. The predicted octanol–water partition coefficient (Wildman–Crippen LogP) is 1.65. The van der Waals surface area contributed by atoms with Crippen LogP contribution in [0.1, 0.15) is 48.0 Å². The molecule has 5 nitrogen and oxygen atoms in total. The fourth-order valence-electron chi connectivity index (χ4n) is 3.85. The van der Waals surface area contributed by atoms with Crippen molar-refractivity contribution in [2.45, 2.75) is 77.3 Å². The van der Waals surface area contributed by atoms with Gasteiger partial charge in [0.1, 0.15) is 0 Å². The Balaban J connectivity index is 1.92. The summed E-state index contributed by atoms with van der Waals surface area (Å²) in [5, 5.41) is 9.59. The summed E-state index contributed by atoms with van der Waals surface area (Å²) in [4.78, 5) is 7.50. The summed E-state index contributed by atoms with van der Waals surface area (Å²) in [6.07, 6.45) is 1.34. The Kier molecular flexibility index (Phi) is 6.36. The van der Waals surface area contributed by atoms with Gasteiger partial charge in [0.15, 0.2) is 0 Å². The number of aliphatic hydroxyl groups is 1. The fourth-order valence-corrected chi connectivity index (χ4v) is 3.85. The minimum atomic E-state index is -0.0639. The highest BCUT2D eigenvalue weighted by molar-refractivity contribution is 4.91. The fraction of sp³-hybridized carbons (Fsp3) is 1.00. The van der Waals surface area contributed by atoms with Gasteiger partial charge in [-0.1, -0.05) is 0 Å². The molecule has 2 heterocycles. The largest absolute Gasteiger partial charge is 0.394 e. The van der Waals surface area contributed by atoms with Gasteiger partial charge in [-0.3, -0.25) is 14.7 Å². The number of nitrogens with zero attached hydrogens (tertiary/aromatic N) is 3. The number of hydrogen-bond donors (Lipinski definition) is 1. The lowest BCUT2D eigenvalue weighted by Crippen LogP contribution is -2.58. The molecule has 0 aromatic rings. The van der Waals surface area contributed by atoms with Crippen molar-refractivity contribution in [3.05, 3.63) is 0 Å². The van der Waals surface area contributed by atoms with Crippen molar-refractivity contribution in [3.8, 4) is 0 Å². The highest BCUT2D eigenvalue weighted by Gasteiger charge is 2.36. The lowest BCUT2D eigenvalue weighted by atomic mass is 10.0. The topological polar surface area (TPSA) is 39.2 Å². The molecule has 2 rings (SSSR count). The zero-order chi connectivity index (χ0) is 18.1. The van der Waals surface area contributed by atoms with Crippen molar-refractivity contribution < 1.29 is 9.84 Å². The second-order valence-electron chi connectivity index (χ2n) is 9.64. The van der Waals surface area contributed by atoms with Crippen LogP contribution < -0.4 is 0 Å². The number of rotatable bonds is 4. The van der Waals surface area contributed by atoms with Crippen LogP contribution in [0.5, 0.6) is 0 Å². The Morgan fingerprint density at radius 3 is 2.04 bits per heavy atom. The summed E-state index contributed by atoms with van der Waals surface area (Å²) in [5.41, 5.74) is 0.367. The van der Waals surface area contributed by atoms with Crippen LogP contribution in [0.25, 0.3) is 0 Å². The normalized spacial score (nSPS) is 31.1. The second kappa shape index (κ2) is 7.58. The van der Waals surface area contributed by atoms with E-state index >= 15 is 0 Å². The molecule has 142 valence electrons. The summed E-state index contributed by atoms with van der Waals surface area (Å²) in [5.74, 6) is 0. The van der Waals surface area contributed by atoms with Crippen molar-refractivity contribution in [2.75, 3.05) is 46.4 Å². The molecule has 5 heteroatoms. The summed E-state index contributed by atoms with van der Waals surface area (Å²) in [6.45, 7) is 18.7. The van der Waals surface area contributed by atoms with E-state index in [9.17, 15) is 5.11 Å². The zero-order valence-corrected chi connectivity index (χ0v) is 16.9. The Bertz CT molecular complexity index is 402. The molecule has 2 aliphatic heterocycles. The summed E-state index contributed by atoms with van der Waals surface area (Å²) in [7, 11) is 2.23. The summed E-state index contributed by atoms with van der Waals surface area (Å²) in [6, 6.07) is 0.602. The van der Waals surface area contributed by atoms with Crippen LogP contribution in [-0.2, 0) is 4.74 Å². The Hall–Kier alpha value is -0.200. The van der Waals surface area contributed by atoms with Crippen molar-refractivity contribution in [3.63, 3.8) is 0 Å². The standard InChI is InChI=1S/C19H39N3O2/c1-18(2,3)21-9-8-15(10-21)20(7)11-16-12-22(19(4,5)6)13-17(14-23)24-16/h15-17,23H,8-14H2,1-7H3. The predicted molar refractivity (Wildman–Crippen MR) is 99.4 cm³/mol. The van der Waals surface area contributed by atoms with Crippen molar-refractivity contribution >= 4 is 0 Å². The quantitative estimate of drug-likeness (QED) is 0.842. The minimum absolute atomic E-state index is 0.0639. The molecule has 3 atom stereocenters. The Labute approximate surface area is 148 Å². The first-order valence-electron chi connectivity index (χ1n) is 9.47. The molecule has 2 fully saturated rings. The minimum Gasteiger partial charge on any atom is -0.394 e. The third-order valence-electron chi connectivity index (χ3n) is 5.61. The monoisotopic (exact) mass is 341 g/mol. The van der Waals surface area contributed by atoms with Gasteiger partial charge >= 0.3 is 0 Å². The molecular weight excluding hydrogens is 302 g/mol. The van der Waals surface area contributed by atoms with Gasteiger partial charge in [0.2, 0.25) is 0 Å². The highest BCUT2D eigenvalue weighted by atomic mass is 16.5. The molecule has 2 saturated heterocycles. The Morgan fingerprint density at radius 2 is 1.54 bits per heavy atom. The second-order valence-corrected chi connectivity index (χ2v) is 9.64. The van der Waals surface area contributed by atoms with Crippen LogP contribution in [0.15, 0.2) is 0 Å². The van der Waals surface area contributed by atoms with Gasteiger partial charge in [0.05, 0.1) is 18.8 Å². The maximum atomic E-state index is 9.59. The number of aliphatic hydroxyl groups excluding tert-OH is 1. The molecule has 0 spiro atoms. The maximum absolute atomic E-state index is 9.59. The molecule has 0 bridgehead atoms. The SMILES string of the molecule is CN(CC1CN(C(C)(C)C)CC(CO)O1)C1CCN(C(C)(C)C)C1. The summed E-state index contributed by atoms with van der Waals surface area (Å²) < 4.78 is 6.14. The number of likely N-dealkylation sites (N-methyl/N-ethyl adjacent to an activating group) is 1.